The molecule has 1 unspecified atom stereocenters. The molecular formula is C21H32ClIN4O2. The third-order valence-electron chi connectivity index (χ3n) is 5.89. The monoisotopic (exact) mass is 534 g/mol. The van der Waals surface area contributed by atoms with Gasteiger partial charge in [0.15, 0.2) is 5.96 Å². The lowest BCUT2D eigenvalue weighted by atomic mass is 9.97. The van der Waals surface area contributed by atoms with Crippen molar-refractivity contribution in [3.05, 3.63) is 28.8 Å². The Morgan fingerprint density at radius 3 is 2.66 bits per heavy atom. The molecule has 3 rings (SSSR count). The minimum atomic E-state index is -0.0926. The van der Waals surface area contributed by atoms with Gasteiger partial charge in [-0.15, -0.1) is 24.0 Å². The van der Waals surface area contributed by atoms with Crippen LogP contribution in [0.4, 0.5) is 5.69 Å². The molecule has 0 amide bonds. The lowest BCUT2D eigenvalue weighted by Gasteiger charge is -2.33. The van der Waals surface area contributed by atoms with E-state index in [2.05, 4.69) is 39.2 Å². The molecule has 2 saturated heterocycles. The second-order valence-corrected chi connectivity index (χ2v) is 8.18. The first kappa shape index (κ1) is 24.1. The lowest BCUT2D eigenvalue weighted by molar-refractivity contribution is -0.146. The van der Waals surface area contributed by atoms with Gasteiger partial charge in [-0.25, -0.2) is 0 Å². The summed E-state index contributed by atoms with van der Waals surface area (Å²) in [6.07, 6.45) is 2.79. The molecule has 162 valence electrons. The highest BCUT2D eigenvalue weighted by Crippen LogP contribution is 2.29. The van der Waals surface area contributed by atoms with E-state index in [0.29, 0.717) is 5.92 Å². The molecule has 1 N–H and O–H groups in total. The van der Waals surface area contributed by atoms with Crippen LogP contribution in [0.5, 0.6) is 0 Å². The number of aliphatic imine (C=N–C) groups is 1. The maximum Gasteiger partial charge on any atom is 0.308 e. The van der Waals surface area contributed by atoms with Gasteiger partial charge in [0.25, 0.3) is 0 Å². The molecule has 0 radical (unpaired) electrons. The van der Waals surface area contributed by atoms with Gasteiger partial charge in [0, 0.05) is 50.5 Å². The number of benzene rings is 1. The van der Waals surface area contributed by atoms with Crippen molar-refractivity contribution >= 4 is 53.2 Å². The summed E-state index contributed by atoms with van der Waals surface area (Å²) in [5.74, 6) is 1.43. The molecular weight excluding hydrogens is 503 g/mol. The van der Waals surface area contributed by atoms with Crippen LogP contribution in [0.3, 0.4) is 0 Å². The Bertz CT molecular complexity index is 723. The van der Waals surface area contributed by atoms with E-state index in [1.807, 2.05) is 13.1 Å². The van der Waals surface area contributed by atoms with Gasteiger partial charge < -0.3 is 19.9 Å². The van der Waals surface area contributed by atoms with E-state index >= 15 is 0 Å². The largest absolute Gasteiger partial charge is 0.469 e. The number of hydrogen-bond donors (Lipinski definition) is 1. The molecule has 0 spiro atoms. The number of piperidine rings is 1. The van der Waals surface area contributed by atoms with Crippen LogP contribution in [-0.4, -0.2) is 63.7 Å². The number of halogens is 2. The number of hydrogen-bond acceptors (Lipinski definition) is 4. The molecule has 0 bridgehead atoms. The summed E-state index contributed by atoms with van der Waals surface area (Å²) in [6.45, 7) is 6.78. The summed E-state index contributed by atoms with van der Waals surface area (Å²) in [6, 6.07) is 6.10. The van der Waals surface area contributed by atoms with Crippen molar-refractivity contribution in [1.29, 1.82) is 0 Å². The van der Waals surface area contributed by atoms with Crippen molar-refractivity contribution < 1.29 is 9.53 Å². The van der Waals surface area contributed by atoms with Crippen LogP contribution in [-0.2, 0) is 9.53 Å². The number of likely N-dealkylation sites (tertiary alicyclic amines) is 1. The number of ether oxygens (including phenoxy) is 1. The number of nitrogens with one attached hydrogen (secondary N) is 1. The normalized spacial score (nSPS) is 20.4. The average Bonchev–Trinajstić information content (AvgIpc) is 3.19. The molecule has 1 aromatic rings. The third-order valence-corrected chi connectivity index (χ3v) is 6.12. The number of aryl methyl sites for hydroxylation is 1. The zero-order valence-electron chi connectivity index (χ0n) is 17.5. The van der Waals surface area contributed by atoms with E-state index in [1.165, 1.54) is 18.4 Å². The van der Waals surface area contributed by atoms with Gasteiger partial charge in [-0.05, 0) is 49.8 Å². The Morgan fingerprint density at radius 2 is 2.00 bits per heavy atom. The highest BCUT2D eigenvalue weighted by molar-refractivity contribution is 14.0. The standard InChI is InChI=1S/C21H31ClN4O2.HI/c1-15-4-5-18(22)12-19(15)26-9-6-16(14-26)13-24-21(23-2)25-10-7-17(8-11-25)20(27)28-3;/h4-5,12,16-17H,6-11,13-14H2,1-3H3,(H,23,24);1H. The average molecular weight is 535 g/mol. The molecule has 2 fully saturated rings. The topological polar surface area (TPSA) is 57.2 Å². The first-order valence-corrected chi connectivity index (χ1v) is 10.4. The van der Waals surface area contributed by atoms with E-state index in [0.717, 1.165) is 63.0 Å². The van der Waals surface area contributed by atoms with Gasteiger partial charge >= 0.3 is 5.97 Å². The van der Waals surface area contributed by atoms with Crippen LogP contribution in [0, 0.1) is 18.8 Å². The molecule has 2 aliphatic heterocycles. The third kappa shape index (κ3) is 6.13. The number of nitrogens with zero attached hydrogens (tertiary/aromatic N) is 3. The molecule has 1 atom stereocenters. The fraction of sp³-hybridized carbons (Fsp3) is 0.619. The first-order valence-electron chi connectivity index (χ1n) is 10.1. The van der Waals surface area contributed by atoms with Crippen LogP contribution in [0.15, 0.2) is 23.2 Å². The van der Waals surface area contributed by atoms with E-state index < -0.39 is 0 Å². The van der Waals surface area contributed by atoms with Crippen LogP contribution < -0.4 is 10.2 Å². The van der Waals surface area contributed by atoms with Gasteiger partial charge in [0.2, 0.25) is 0 Å². The van der Waals surface area contributed by atoms with Crippen LogP contribution >= 0.6 is 35.6 Å². The van der Waals surface area contributed by atoms with Gasteiger partial charge in [-0.2, -0.15) is 0 Å². The SMILES string of the molecule is CN=C(NCC1CCN(c2cc(Cl)ccc2C)C1)N1CCC(C(=O)OC)CC1.I. The van der Waals surface area contributed by atoms with Gasteiger partial charge in [0.1, 0.15) is 0 Å². The first-order chi connectivity index (χ1) is 13.5. The molecule has 29 heavy (non-hydrogen) atoms. The quantitative estimate of drug-likeness (QED) is 0.277. The Balaban J connectivity index is 0.00000300. The lowest BCUT2D eigenvalue weighted by Crippen LogP contribution is -2.47. The minimum Gasteiger partial charge on any atom is -0.469 e. The Hall–Kier alpha value is -1.22. The van der Waals surface area contributed by atoms with Crippen molar-refractivity contribution in [2.75, 3.05) is 51.8 Å². The van der Waals surface area contributed by atoms with Crippen molar-refractivity contribution in [1.82, 2.24) is 10.2 Å². The highest BCUT2D eigenvalue weighted by atomic mass is 127. The van der Waals surface area contributed by atoms with E-state index in [4.69, 9.17) is 16.3 Å². The van der Waals surface area contributed by atoms with Crippen LogP contribution in [0.25, 0.3) is 0 Å². The van der Waals surface area contributed by atoms with Crippen molar-refractivity contribution in [2.24, 2.45) is 16.8 Å². The summed E-state index contributed by atoms with van der Waals surface area (Å²) >= 11 is 6.19. The van der Waals surface area contributed by atoms with Crippen LogP contribution in [0.2, 0.25) is 5.02 Å². The molecule has 6 nitrogen and oxygen atoms in total. The molecule has 1 aromatic carbocycles. The maximum atomic E-state index is 11.7. The minimum absolute atomic E-state index is 0. The van der Waals surface area contributed by atoms with E-state index in [9.17, 15) is 4.79 Å². The summed E-state index contributed by atoms with van der Waals surface area (Å²) in [4.78, 5) is 20.8. The zero-order chi connectivity index (χ0) is 20.1. The summed E-state index contributed by atoms with van der Waals surface area (Å²) in [7, 11) is 3.29. The number of carbonyl (C=O) groups is 1. The number of rotatable bonds is 4. The highest BCUT2D eigenvalue weighted by Gasteiger charge is 2.28. The Kier molecular flexibility index (Phi) is 9.33. The Morgan fingerprint density at radius 1 is 1.28 bits per heavy atom. The number of carbonyl (C=O) groups excluding carboxylic acids is 1. The zero-order valence-corrected chi connectivity index (χ0v) is 20.6. The Labute approximate surface area is 196 Å². The number of esters is 1. The molecule has 2 heterocycles. The number of guanidine groups is 1. The summed E-state index contributed by atoms with van der Waals surface area (Å²) in [5, 5.41) is 4.33. The van der Waals surface area contributed by atoms with Crippen molar-refractivity contribution in [3.63, 3.8) is 0 Å². The van der Waals surface area contributed by atoms with Gasteiger partial charge in [0.05, 0.1) is 13.0 Å². The second-order valence-electron chi connectivity index (χ2n) is 7.74. The van der Waals surface area contributed by atoms with E-state index in [1.54, 1.807) is 0 Å². The predicted octanol–water partition coefficient (Wildman–Crippen LogP) is 3.55. The van der Waals surface area contributed by atoms with Crippen molar-refractivity contribution in [3.8, 4) is 0 Å². The van der Waals surface area contributed by atoms with Gasteiger partial charge in [-0.1, -0.05) is 17.7 Å². The molecule has 2 aliphatic rings. The van der Waals surface area contributed by atoms with E-state index in [-0.39, 0.29) is 35.9 Å². The number of anilines is 1. The fourth-order valence-corrected chi connectivity index (χ4v) is 4.37. The summed E-state index contributed by atoms with van der Waals surface area (Å²) < 4.78 is 4.87. The second kappa shape index (κ2) is 11.2. The predicted molar refractivity (Wildman–Crippen MR) is 130 cm³/mol. The van der Waals surface area contributed by atoms with Crippen LogP contribution in [0.1, 0.15) is 24.8 Å². The van der Waals surface area contributed by atoms with Gasteiger partial charge in [-0.3, -0.25) is 9.79 Å². The van der Waals surface area contributed by atoms with Crippen molar-refractivity contribution in [2.45, 2.75) is 26.2 Å². The number of methoxy groups -OCH3 is 1. The summed E-state index contributed by atoms with van der Waals surface area (Å²) in [5.41, 5.74) is 2.51. The smallest absolute Gasteiger partial charge is 0.308 e. The molecule has 8 heteroatoms. The maximum absolute atomic E-state index is 11.7. The fourth-order valence-electron chi connectivity index (χ4n) is 4.20. The molecule has 0 aliphatic carbocycles. The molecule has 0 saturated carbocycles. The molecule has 0 aromatic heterocycles.